The van der Waals surface area contributed by atoms with Crippen LogP contribution in [0.1, 0.15) is 12.8 Å². The Morgan fingerprint density at radius 1 is 1.30 bits per heavy atom. The van der Waals surface area contributed by atoms with Gasteiger partial charge in [0.15, 0.2) is 0 Å². The average Bonchev–Trinajstić information content (AvgIpc) is 1.89. The van der Waals surface area contributed by atoms with Gasteiger partial charge in [-0.05, 0) is 18.6 Å². The summed E-state index contributed by atoms with van der Waals surface area (Å²) < 4.78 is 1.04. The highest BCUT2D eigenvalue weighted by Gasteiger charge is 2.09. The second-order valence-corrected chi connectivity index (χ2v) is 3.76. The Labute approximate surface area is 70.4 Å². The van der Waals surface area contributed by atoms with Crippen LogP contribution in [0.3, 0.4) is 0 Å². The van der Waals surface area contributed by atoms with E-state index >= 15 is 0 Å². The van der Waals surface area contributed by atoms with Crippen molar-refractivity contribution in [3.05, 3.63) is 6.92 Å². The van der Waals surface area contributed by atoms with Crippen molar-refractivity contribution in [3.63, 3.8) is 0 Å². The zero-order valence-electron chi connectivity index (χ0n) is 7.14. The number of thiol groups is 1. The number of rotatable bonds is 5. The standard InChI is InChI=1S/C8H18NS/c1-4-9(2,3)7-5-6-8-10/h1,4-8H2,2-3H3/p+1. The molecule has 0 fully saturated rings. The molecular formula is C8H19NS+. The third-order valence-corrected chi connectivity index (χ3v) is 2.09. The smallest absolute Gasteiger partial charge is 0.0784 e. The van der Waals surface area contributed by atoms with Crippen LogP contribution in [-0.4, -0.2) is 37.4 Å². The first-order valence-electron chi connectivity index (χ1n) is 3.84. The monoisotopic (exact) mass is 161 g/mol. The quantitative estimate of drug-likeness (QED) is 0.353. The van der Waals surface area contributed by atoms with Crippen LogP contribution in [0.2, 0.25) is 0 Å². The summed E-state index contributed by atoms with van der Waals surface area (Å²) in [5.74, 6) is 1.01. The third kappa shape index (κ3) is 5.12. The van der Waals surface area contributed by atoms with E-state index in [1.54, 1.807) is 0 Å². The minimum absolute atomic E-state index is 0.979. The first-order valence-corrected chi connectivity index (χ1v) is 4.48. The van der Waals surface area contributed by atoms with Crippen LogP contribution in [0, 0.1) is 6.92 Å². The molecule has 0 aliphatic heterocycles. The van der Waals surface area contributed by atoms with Gasteiger partial charge in [-0.15, -0.1) is 0 Å². The molecule has 1 radical (unpaired) electrons. The normalized spacial score (nSPS) is 12.0. The minimum atomic E-state index is 0.979. The average molecular weight is 161 g/mol. The maximum absolute atomic E-state index is 4.16. The number of hydrogen-bond acceptors (Lipinski definition) is 1. The van der Waals surface area contributed by atoms with Gasteiger partial charge in [0.2, 0.25) is 0 Å². The zero-order valence-corrected chi connectivity index (χ0v) is 8.03. The summed E-state index contributed by atoms with van der Waals surface area (Å²) in [5.41, 5.74) is 0. The fourth-order valence-electron chi connectivity index (χ4n) is 0.763. The highest BCUT2D eigenvalue weighted by molar-refractivity contribution is 7.80. The summed E-state index contributed by atoms with van der Waals surface area (Å²) in [6, 6.07) is 0. The Balaban J connectivity index is 3.28. The van der Waals surface area contributed by atoms with Crippen molar-refractivity contribution in [3.8, 4) is 0 Å². The van der Waals surface area contributed by atoms with Crippen LogP contribution in [-0.2, 0) is 0 Å². The van der Waals surface area contributed by atoms with E-state index in [0.29, 0.717) is 0 Å². The molecule has 0 atom stereocenters. The molecule has 0 aliphatic rings. The largest absolute Gasteiger partial charge is 0.328 e. The maximum atomic E-state index is 4.16. The fourth-order valence-corrected chi connectivity index (χ4v) is 0.987. The predicted octanol–water partition coefficient (Wildman–Crippen LogP) is 1.61. The molecule has 0 aromatic heterocycles. The lowest BCUT2D eigenvalue weighted by Gasteiger charge is -2.27. The Bertz CT molecular complexity index is 81.3. The molecule has 2 heteroatoms. The topological polar surface area (TPSA) is 0 Å². The summed E-state index contributed by atoms with van der Waals surface area (Å²) in [6.07, 6.45) is 2.50. The first kappa shape index (κ1) is 10.3. The molecule has 0 unspecified atom stereocenters. The Hall–Kier alpha value is 0.310. The molecule has 10 heavy (non-hydrogen) atoms. The van der Waals surface area contributed by atoms with Crippen LogP contribution in [0.25, 0.3) is 0 Å². The predicted molar refractivity (Wildman–Crippen MR) is 50.3 cm³/mol. The van der Waals surface area contributed by atoms with E-state index in [-0.39, 0.29) is 0 Å². The van der Waals surface area contributed by atoms with Crippen LogP contribution >= 0.6 is 12.6 Å². The molecule has 1 nitrogen and oxygen atoms in total. The van der Waals surface area contributed by atoms with E-state index < -0.39 is 0 Å². The fraction of sp³-hybridized carbons (Fsp3) is 0.875. The van der Waals surface area contributed by atoms with E-state index in [1.165, 1.54) is 19.4 Å². The number of nitrogens with zero attached hydrogens (tertiary/aromatic N) is 1. The molecule has 0 aliphatic carbocycles. The van der Waals surface area contributed by atoms with Crippen molar-refractivity contribution >= 4 is 12.6 Å². The summed E-state index contributed by atoms with van der Waals surface area (Å²) in [5, 5.41) is 0. The van der Waals surface area contributed by atoms with Crippen molar-refractivity contribution in [1.82, 2.24) is 0 Å². The molecule has 0 saturated heterocycles. The van der Waals surface area contributed by atoms with Crippen molar-refractivity contribution in [2.45, 2.75) is 12.8 Å². The van der Waals surface area contributed by atoms with Crippen molar-refractivity contribution < 1.29 is 4.48 Å². The number of quaternary nitrogens is 1. The highest BCUT2D eigenvalue weighted by atomic mass is 32.1. The van der Waals surface area contributed by atoms with Gasteiger partial charge in [-0.25, -0.2) is 0 Å². The summed E-state index contributed by atoms with van der Waals surface area (Å²) >= 11 is 4.16. The van der Waals surface area contributed by atoms with Crippen LogP contribution < -0.4 is 0 Å². The zero-order chi connectivity index (χ0) is 8.04. The SMILES string of the molecule is [CH2]C[N+](C)(C)CCCCS. The van der Waals surface area contributed by atoms with E-state index in [4.69, 9.17) is 0 Å². The molecule has 0 aromatic rings. The molecule has 0 bridgehead atoms. The lowest BCUT2D eigenvalue weighted by Crippen LogP contribution is -2.40. The van der Waals surface area contributed by atoms with Crippen LogP contribution in [0.4, 0.5) is 0 Å². The Morgan fingerprint density at radius 2 is 1.90 bits per heavy atom. The summed E-state index contributed by atoms with van der Waals surface area (Å²) in [6.45, 7) is 6.09. The maximum Gasteiger partial charge on any atom is 0.0784 e. The third-order valence-electron chi connectivity index (χ3n) is 1.78. The van der Waals surface area contributed by atoms with E-state index in [0.717, 1.165) is 16.8 Å². The van der Waals surface area contributed by atoms with E-state index in [1.807, 2.05) is 0 Å². The van der Waals surface area contributed by atoms with Gasteiger partial charge in [-0.3, -0.25) is 0 Å². The van der Waals surface area contributed by atoms with E-state index in [2.05, 4.69) is 33.6 Å². The molecule has 0 N–H and O–H groups in total. The van der Waals surface area contributed by atoms with Gasteiger partial charge in [-0.2, -0.15) is 12.6 Å². The molecule has 0 heterocycles. The summed E-state index contributed by atoms with van der Waals surface area (Å²) in [4.78, 5) is 0. The lowest BCUT2D eigenvalue weighted by molar-refractivity contribution is -0.885. The van der Waals surface area contributed by atoms with Gasteiger partial charge in [0.05, 0.1) is 27.2 Å². The number of unbranched alkanes of at least 4 members (excludes halogenated alkanes) is 1. The van der Waals surface area contributed by atoms with Gasteiger partial charge in [-0.1, -0.05) is 0 Å². The molecule has 0 aromatic carbocycles. The minimum Gasteiger partial charge on any atom is -0.328 e. The second-order valence-electron chi connectivity index (χ2n) is 3.31. The van der Waals surface area contributed by atoms with Gasteiger partial charge < -0.3 is 4.48 Å². The molecule has 0 amide bonds. The molecular weight excluding hydrogens is 142 g/mol. The van der Waals surface area contributed by atoms with Crippen LogP contribution in [0.5, 0.6) is 0 Å². The lowest BCUT2D eigenvalue weighted by atomic mass is 10.3. The molecule has 0 rings (SSSR count). The Morgan fingerprint density at radius 3 is 2.30 bits per heavy atom. The van der Waals surface area contributed by atoms with Crippen LogP contribution in [0.15, 0.2) is 0 Å². The first-order chi connectivity index (χ1) is 4.62. The molecule has 0 spiro atoms. The van der Waals surface area contributed by atoms with Crippen molar-refractivity contribution in [2.24, 2.45) is 0 Å². The van der Waals surface area contributed by atoms with Crippen molar-refractivity contribution in [1.29, 1.82) is 0 Å². The van der Waals surface area contributed by atoms with Crippen molar-refractivity contribution in [2.75, 3.05) is 32.9 Å². The van der Waals surface area contributed by atoms with Gasteiger partial charge in [0, 0.05) is 6.92 Å². The number of hydrogen-bond donors (Lipinski definition) is 1. The molecule has 0 saturated carbocycles. The van der Waals surface area contributed by atoms with Gasteiger partial charge in [0.25, 0.3) is 0 Å². The second kappa shape index (κ2) is 5.03. The molecule has 61 valence electrons. The van der Waals surface area contributed by atoms with Gasteiger partial charge >= 0.3 is 0 Å². The summed E-state index contributed by atoms with van der Waals surface area (Å²) in [7, 11) is 4.43. The Kier molecular flexibility index (Phi) is 5.18. The highest BCUT2D eigenvalue weighted by Crippen LogP contribution is 2.00. The van der Waals surface area contributed by atoms with Gasteiger partial charge in [0.1, 0.15) is 0 Å². The van der Waals surface area contributed by atoms with E-state index in [9.17, 15) is 0 Å².